The molecule has 5 heteroatoms. The van der Waals surface area contributed by atoms with Crippen molar-refractivity contribution in [3.63, 3.8) is 0 Å². The van der Waals surface area contributed by atoms with E-state index in [-0.39, 0.29) is 11.3 Å². The van der Waals surface area contributed by atoms with Gasteiger partial charge in [-0.2, -0.15) is 0 Å². The van der Waals surface area contributed by atoms with Crippen LogP contribution in [0.4, 0.5) is 0 Å². The maximum absolute atomic E-state index is 12.8. The van der Waals surface area contributed by atoms with E-state index in [4.69, 9.17) is 4.42 Å². The van der Waals surface area contributed by atoms with E-state index in [0.717, 1.165) is 15.7 Å². The highest BCUT2D eigenvalue weighted by atomic mass is 79.9. The molecule has 1 N–H and O–H groups in total. The molecule has 2 aromatic carbocycles. The quantitative estimate of drug-likeness (QED) is 0.469. The van der Waals surface area contributed by atoms with Crippen molar-refractivity contribution in [2.75, 3.05) is 0 Å². The molecule has 4 nitrogen and oxygen atoms in total. The van der Waals surface area contributed by atoms with Gasteiger partial charge < -0.3 is 9.52 Å². The molecule has 0 bridgehead atoms. The minimum Gasteiger partial charge on any atom is -0.507 e. The molecule has 0 aliphatic heterocycles. The van der Waals surface area contributed by atoms with Crippen LogP contribution in [0.3, 0.4) is 0 Å². The molecule has 2 heterocycles. The van der Waals surface area contributed by atoms with Gasteiger partial charge in [-0.25, -0.2) is 4.79 Å². The number of hydrogen-bond donors (Lipinski definition) is 1. The summed E-state index contributed by atoms with van der Waals surface area (Å²) in [7, 11) is 0. The van der Waals surface area contributed by atoms with Crippen molar-refractivity contribution in [1.29, 1.82) is 0 Å². The zero-order valence-corrected chi connectivity index (χ0v) is 15.9. The molecule has 0 spiro atoms. The van der Waals surface area contributed by atoms with Crippen molar-refractivity contribution in [2.45, 2.75) is 12.3 Å². The van der Waals surface area contributed by atoms with E-state index in [1.54, 1.807) is 30.5 Å². The number of hydrogen-bond acceptors (Lipinski definition) is 4. The fourth-order valence-corrected chi connectivity index (χ4v) is 3.71. The smallest absolute Gasteiger partial charge is 0.343 e. The molecule has 0 saturated carbocycles. The summed E-state index contributed by atoms with van der Waals surface area (Å²) in [6.07, 6.45) is 2.18. The third-order valence-corrected chi connectivity index (χ3v) is 5.05. The predicted octanol–water partition coefficient (Wildman–Crippen LogP) is 5.03. The number of benzene rings is 2. The lowest BCUT2D eigenvalue weighted by atomic mass is 9.87. The average molecular weight is 422 g/mol. The number of halogens is 1. The Bertz CT molecular complexity index is 1160. The van der Waals surface area contributed by atoms with Crippen molar-refractivity contribution in [1.82, 2.24) is 4.98 Å². The number of para-hydroxylation sites is 1. The van der Waals surface area contributed by atoms with Gasteiger partial charge in [-0.05, 0) is 42.0 Å². The van der Waals surface area contributed by atoms with E-state index in [2.05, 4.69) is 20.9 Å². The minimum absolute atomic E-state index is 0.0391. The van der Waals surface area contributed by atoms with Crippen LogP contribution in [0.5, 0.6) is 5.75 Å². The van der Waals surface area contributed by atoms with Crippen LogP contribution in [0.25, 0.3) is 11.0 Å². The molecule has 134 valence electrons. The molecule has 0 aliphatic rings. The average Bonchev–Trinajstić information content (AvgIpc) is 2.68. The van der Waals surface area contributed by atoms with E-state index in [9.17, 15) is 9.90 Å². The number of aromatic nitrogens is 1. The van der Waals surface area contributed by atoms with E-state index in [1.165, 1.54) is 0 Å². The first-order valence-electron chi connectivity index (χ1n) is 8.53. The van der Waals surface area contributed by atoms with Crippen LogP contribution in [0.15, 0.2) is 86.6 Å². The van der Waals surface area contributed by atoms with Gasteiger partial charge in [0.05, 0.1) is 10.9 Å². The molecule has 0 amide bonds. The molecule has 0 fully saturated rings. The standard InChI is InChI=1S/C22H16BrNO3/c23-15-7-5-6-14(12-15)18(13-16-8-3-4-11-24-16)20-21(25)17-9-1-2-10-19(17)27-22(20)26/h1-12,18,25H,13H2. The highest BCUT2D eigenvalue weighted by Crippen LogP contribution is 2.36. The number of nitrogens with zero attached hydrogens (tertiary/aromatic N) is 1. The van der Waals surface area contributed by atoms with Gasteiger partial charge in [0, 0.05) is 28.7 Å². The maximum Gasteiger partial charge on any atom is 0.343 e. The Labute approximate surface area is 164 Å². The van der Waals surface area contributed by atoms with Crippen LogP contribution in [0, 0.1) is 0 Å². The second kappa shape index (κ2) is 7.37. The third-order valence-electron chi connectivity index (χ3n) is 4.56. The second-order valence-electron chi connectivity index (χ2n) is 6.28. The molecule has 1 atom stereocenters. The topological polar surface area (TPSA) is 63.3 Å². The Morgan fingerprint density at radius 1 is 1.04 bits per heavy atom. The Hall–Kier alpha value is -2.92. The summed E-state index contributed by atoms with van der Waals surface area (Å²) in [5.41, 5.74) is 1.81. The monoisotopic (exact) mass is 421 g/mol. The predicted molar refractivity (Wildman–Crippen MR) is 108 cm³/mol. The maximum atomic E-state index is 12.8. The third kappa shape index (κ3) is 3.51. The molecule has 27 heavy (non-hydrogen) atoms. The molecule has 4 rings (SSSR count). The van der Waals surface area contributed by atoms with E-state index < -0.39 is 11.5 Å². The molecule has 0 saturated heterocycles. The van der Waals surface area contributed by atoms with E-state index >= 15 is 0 Å². The van der Waals surface area contributed by atoms with Crippen LogP contribution >= 0.6 is 15.9 Å². The first-order valence-corrected chi connectivity index (χ1v) is 9.33. The molecule has 0 aliphatic carbocycles. The van der Waals surface area contributed by atoms with Gasteiger partial charge in [-0.3, -0.25) is 4.98 Å². The summed E-state index contributed by atoms with van der Waals surface area (Å²) in [4.78, 5) is 17.2. The fourth-order valence-electron chi connectivity index (χ4n) is 3.29. The number of pyridine rings is 1. The Balaban J connectivity index is 1.93. The second-order valence-corrected chi connectivity index (χ2v) is 7.20. The van der Waals surface area contributed by atoms with Crippen molar-refractivity contribution in [3.8, 4) is 5.75 Å². The van der Waals surface area contributed by atoms with E-state index in [0.29, 0.717) is 17.4 Å². The van der Waals surface area contributed by atoms with Crippen LogP contribution in [0.2, 0.25) is 0 Å². The lowest BCUT2D eigenvalue weighted by molar-refractivity contribution is 0.450. The summed E-state index contributed by atoms with van der Waals surface area (Å²) in [6.45, 7) is 0. The van der Waals surface area contributed by atoms with E-state index in [1.807, 2.05) is 42.5 Å². The summed E-state index contributed by atoms with van der Waals surface area (Å²) in [6, 6.07) is 20.4. The Morgan fingerprint density at radius 3 is 2.63 bits per heavy atom. The first-order chi connectivity index (χ1) is 13.1. The van der Waals surface area contributed by atoms with Crippen LogP contribution in [-0.4, -0.2) is 10.1 Å². The van der Waals surface area contributed by atoms with Crippen molar-refractivity contribution >= 4 is 26.9 Å². The Kier molecular flexibility index (Phi) is 4.77. The van der Waals surface area contributed by atoms with Crippen LogP contribution in [0.1, 0.15) is 22.7 Å². The van der Waals surface area contributed by atoms with Gasteiger partial charge in [0.1, 0.15) is 11.3 Å². The highest BCUT2D eigenvalue weighted by Gasteiger charge is 2.25. The van der Waals surface area contributed by atoms with Crippen LogP contribution < -0.4 is 5.63 Å². The lowest BCUT2D eigenvalue weighted by Crippen LogP contribution is -2.16. The Morgan fingerprint density at radius 2 is 1.85 bits per heavy atom. The number of fused-ring (bicyclic) bond motifs is 1. The lowest BCUT2D eigenvalue weighted by Gasteiger charge is -2.18. The minimum atomic E-state index is -0.535. The van der Waals surface area contributed by atoms with Gasteiger partial charge in [0.25, 0.3) is 0 Å². The summed E-state index contributed by atoms with van der Waals surface area (Å²) >= 11 is 3.49. The molecule has 4 aromatic rings. The van der Waals surface area contributed by atoms with Crippen molar-refractivity contribution < 1.29 is 9.52 Å². The highest BCUT2D eigenvalue weighted by molar-refractivity contribution is 9.10. The van der Waals surface area contributed by atoms with Crippen molar-refractivity contribution in [3.05, 3.63) is 105 Å². The molecular formula is C22H16BrNO3. The first kappa shape index (κ1) is 17.5. The molecular weight excluding hydrogens is 406 g/mol. The SMILES string of the molecule is O=c1oc2ccccc2c(O)c1C(Cc1ccccn1)c1cccc(Br)c1. The summed E-state index contributed by atoms with van der Waals surface area (Å²) < 4.78 is 6.40. The molecule has 2 aromatic heterocycles. The van der Waals surface area contributed by atoms with Gasteiger partial charge in [0.15, 0.2) is 0 Å². The van der Waals surface area contributed by atoms with Gasteiger partial charge in [-0.15, -0.1) is 0 Å². The van der Waals surface area contributed by atoms with Gasteiger partial charge in [-0.1, -0.05) is 46.3 Å². The van der Waals surface area contributed by atoms with Gasteiger partial charge >= 0.3 is 5.63 Å². The summed E-state index contributed by atoms with van der Waals surface area (Å²) in [5.74, 6) is -0.430. The molecule has 1 unspecified atom stereocenters. The zero-order valence-electron chi connectivity index (χ0n) is 14.3. The zero-order chi connectivity index (χ0) is 18.8. The van der Waals surface area contributed by atoms with Gasteiger partial charge in [0.2, 0.25) is 0 Å². The summed E-state index contributed by atoms with van der Waals surface area (Å²) in [5, 5.41) is 11.4. The molecule has 0 radical (unpaired) electrons. The largest absolute Gasteiger partial charge is 0.507 e. The number of aromatic hydroxyl groups is 1. The normalized spacial score (nSPS) is 12.2. The fraction of sp³-hybridized carbons (Fsp3) is 0.0909. The van der Waals surface area contributed by atoms with Crippen molar-refractivity contribution in [2.24, 2.45) is 0 Å². The van der Waals surface area contributed by atoms with Crippen LogP contribution in [-0.2, 0) is 6.42 Å². The number of rotatable bonds is 4.